The fourth-order valence-electron chi connectivity index (χ4n) is 0.957. The molecular formula is C9H11ClN4O2S. The highest BCUT2D eigenvalue weighted by molar-refractivity contribution is 7.16. The lowest BCUT2D eigenvalue weighted by molar-refractivity contribution is -0.119. The van der Waals surface area contributed by atoms with E-state index in [-0.39, 0.29) is 17.6 Å². The van der Waals surface area contributed by atoms with Gasteiger partial charge in [-0.25, -0.2) is 4.98 Å². The molecule has 0 saturated carbocycles. The molecular weight excluding hydrogens is 264 g/mol. The molecule has 1 amide bonds. The molecule has 0 fully saturated rings. The highest BCUT2D eigenvalue weighted by atomic mass is 35.5. The molecule has 0 bridgehead atoms. The molecule has 0 aliphatic carbocycles. The summed E-state index contributed by atoms with van der Waals surface area (Å²) < 4.78 is 4.79. The van der Waals surface area contributed by atoms with E-state index in [9.17, 15) is 4.79 Å². The third-order valence-electron chi connectivity index (χ3n) is 1.72. The molecule has 0 saturated heterocycles. The summed E-state index contributed by atoms with van der Waals surface area (Å²) in [7, 11) is 1.56. The maximum Gasteiger partial charge on any atom is 0.239 e. The zero-order chi connectivity index (χ0) is 12.7. The number of nitrogens with one attached hydrogen (secondary N) is 2. The number of rotatable bonds is 6. The molecule has 6 nitrogen and oxygen atoms in total. The highest BCUT2D eigenvalue weighted by Gasteiger charge is 2.09. The number of hydrogen-bond donors (Lipinski definition) is 2. The first-order valence-electron chi connectivity index (χ1n) is 4.73. The summed E-state index contributed by atoms with van der Waals surface area (Å²) >= 11 is 6.79. The van der Waals surface area contributed by atoms with Gasteiger partial charge >= 0.3 is 0 Å². The van der Waals surface area contributed by atoms with Crippen molar-refractivity contribution in [1.82, 2.24) is 10.3 Å². The SMILES string of the molecule is COCCNC(=O)CNc1nc(Cl)c(C#N)s1. The molecule has 0 aromatic carbocycles. The molecule has 2 N–H and O–H groups in total. The average Bonchev–Trinajstić information content (AvgIpc) is 2.67. The van der Waals surface area contributed by atoms with Gasteiger partial charge in [0, 0.05) is 13.7 Å². The Morgan fingerprint density at radius 1 is 1.71 bits per heavy atom. The predicted octanol–water partition coefficient (Wildman–Crippen LogP) is 0.843. The van der Waals surface area contributed by atoms with Crippen LogP contribution < -0.4 is 10.6 Å². The van der Waals surface area contributed by atoms with Crippen molar-refractivity contribution in [2.75, 3.05) is 32.1 Å². The Morgan fingerprint density at radius 3 is 3.06 bits per heavy atom. The van der Waals surface area contributed by atoms with E-state index in [1.165, 1.54) is 0 Å². The molecule has 0 spiro atoms. The number of amides is 1. The molecule has 92 valence electrons. The second kappa shape index (κ2) is 7.06. The van der Waals surface area contributed by atoms with E-state index in [0.717, 1.165) is 11.3 Å². The third-order valence-corrected chi connectivity index (χ3v) is 3.02. The Kier molecular flexibility index (Phi) is 5.69. The molecule has 1 rings (SSSR count). The van der Waals surface area contributed by atoms with Crippen LogP contribution in [0.3, 0.4) is 0 Å². The first-order chi connectivity index (χ1) is 8.17. The van der Waals surface area contributed by atoms with Crippen LogP contribution in [0.25, 0.3) is 0 Å². The summed E-state index contributed by atoms with van der Waals surface area (Å²) in [5.74, 6) is -0.174. The first kappa shape index (κ1) is 13.7. The average molecular weight is 275 g/mol. The number of aromatic nitrogens is 1. The van der Waals surface area contributed by atoms with Crippen molar-refractivity contribution in [3.8, 4) is 6.07 Å². The van der Waals surface area contributed by atoms with Crippen LogP contribution in [0, 0.1) is 11.3 Å². The lowest BCUT2D eigenvalue weighted by atomic mass is 10.5. The summed E-state index contributed by atoms with van der Waals surface area (Å²) in [5.41, 5.74) is 0. The normalized spacial score (nSPS) is 9.71. The van der Waals surface area contributed by atoms with E-state index < -0.39 is 0 Å². The Hall–Kier alpha value is -1.36. The third kappa shape index (κ3) is 4.56. The van der Waals surface area contributed by atoms with Crippen molar-refractivity contribution in [1.29, 1.82) is 5.26 Å². The molecule has 17 heavy (non-hydrogen) atoms. The lowest BCUT2D eigenvalue weighted by Crippen LogP contribution is -2.32. The van der Waals surface area contributed by atoms with Gasteiger partial charge < -0.3 is 15.4 Å². The first-order valence-corrected chi connectivity index (χ1v) is 5.92. The Bertz CT molecular complexity index is 429. The minimum absolute atomic E-state index is 0.0818. The second-order valence-electron chi connectivity index (χ2n) is 2.95. The van der Waals surface area contributed by atoms with E-state index >= 15 is 0 Å². The van der Waals surface area contributed by atoms with Crippen LogP contribution in [-0.2, 0) is 9.53 Å². The molecule has 0 radical (unpaired) electrons. The predicted molar refractivity (Wildman–Crippen MR) is 65.2 cm³/mol. The number of methoxy groups -OCH3 is 1. The smallest absolute Gasteiger partial charge is 0.239 e. The van der Waals surface area contributed by atoms with Gasteiger partial charge in [-0.15, -0.1) is 0 Å². The van der Waals surface area contributed by atoms with Crippen LogP contribution in [0.15, 0.2) is 0 Å². The van der Waals surface area contributed by atoms with Gasteiger partial charge in [0.15, 0.2) is 10.3 Å². The molecule has 0 aliphatic heterocycles. The summed E-state index contributed by atoms with van der Waals surface area (Å²) in [6.07, 6.45) is 0. The van der Waals surface area contributed by atoms with E-state index in [2.05, 4.69) is 15.6 Å². The molecule has 0 unspecified atom stereocenters. The van der Waals surface area contributed by atoms with Gasteiger partial charge in [-0.2, -0.15) is 5.26 Å². The van der Waals surface area contributed by atoms with Crippen LogP contribution in [0.1, 0.15) is 4.88 Å². The number of carbonyl (C=O) groups excluding carboxylic acids is 1. The maximum absolute atomic E-state index is 11.3. The number of nitriles is 1. The Labute approximate surface area is 108 Å². The highest BCUT2D eigenvalue weighted by Crippen LogP contribution is 2.25. The quantitative estimate of drug-likeness (QED) is 0.751. The van der Waals surface area contributed by atoms with Gasteiger partial charge in [-0.05, 0) is 0 Å². The maximum atomic E-state index is 11.3. The number of anilines is 1. The zero-order valence-electron chi connectivity index (χ0n) is 9.12. The minimum atomic E-state index is -0.174. The standard InChI is InChI=1S/C9H11ClN4O2S/c1-16-3-2-12-7(15)5-13-9-14-8(10)6(4-11)17-9/h2-3,5H2,1H3,(H,12,15)(H,13,14). The topological polar surface area (TPSA) is 87.0 Å². The van der Waals surface area contributed by atoms with Crippen molar-refractivity contribution in [3.63, 3.8) is 0 Å². The van der Waals surface area contributed by atoms with E-state index in [4.69, 9.17) is 21.6 Å². The van der Waals surface area contributed by atoms with E-state index in [1.54, 1.807) is 7.11 Å². The molecule has 1 aromatic rings. The van der Waals surface area contributed by atoms with Crippen LogP contribution >= 0.6 is 22.9 Å². The van der Waals surface area contributed by atoms with Crippen LogP contribution in [0.5, 0.6) is 0 Å². The summed E-state index contributed by atoms with van der Waals surface area (Å²) in [5, 5.41) is 14.7. The van der Waals surface area contributed by atoms with Crippen molar-refractivity contribution >= 4 is 34.0 Å². The fraction of sp³-hybridized carbons (Fsp3) is 0.444. The van der Waals surface area contributed by atoms with E-state index in [1.807, 2.05) is 6.07 Å². The monoisotopic (exact) mass is 274 g/mol. The summed E-state index contributed by atoms with van der Waals surface area (Å²) in [6, 6.07) is 1.91. The van der Waals surface area contributed by atoms with Gasteiger partial charge in [0.2, 0.25) is 5.91 Å². The summed E-state index contributed by atoms with van der Waals surface area (Å²) in [6.45, 7) is 1.00. The van der Waals surface area contributed by atoms with Crippen molar-refractivity contribution in [2.24, 2.45) is 0 Å². The number of nitrogens with zero attached hydrogens (tertiary/aromatic N) is 2. The Morgan fingerprint density at radius 2 is 2.47 bits per heavy atom. The molecule has 1 aromatic heterocycles. The molecule has 0 atom stereocenters. The van der Waals surface area contributed by atoms with Crippen molar-refractivity contribution < 1.29 is 9.53 Å². The number of carbonyl (C=O) groups is 1. The van der Waals surface area contributed by atoms with Crippen LogP contribution in [0.2, 0.25) is 5.15 Å². The molecule has 0 aliphatic rings. The molecule has 1 heterocycles. The summed E-state index contributed by atoms with van der Waals surface area (Å²) in [4.78, 5) is 15.5. The van der Waals surface area contributed by atoms with Gasteiger partial charge in [0.05, 0.1) is 13.2 Å². The van der Waals surface area contributed by atoms with Gasteiger partial charge in [-0.3, -0.25) is 4.79 Å². The minimum Gasteiger partial charge on any atom is -0.383 e. The van der Waals surface area contributed by atoms with E-state index in [0.29, 0.717) is 23.2 Å². The van der Waals surface area contributed by atoms with Crippen molar-refractivity contribution in [3.05, 3.63) is 10.0 Å². The number of hydrogen-bond acceptors (Lipinski definition) is 6. The van der Waals surface area contributed by atoms with Crippen LogP contribution in [-0.4, -0.2) is 37.7 Å². The zero-order valence-corrected chi connectivity index (χ0v) is 10.7. The van der Waals surface area contributed by atoms with Gasteiger partial charge in [0.1, 0.15) is 10.9 Å². The number of ether oxygens (including phenoxy) is 1. The molecule has 8 heteroatoms. The largest absolute Gasteiger partial charge is 0.383 e. The number of halogens is 1. The number of thiazole rings is 1. The lowest BCUT2D eigenvalue weighted by Gasteiger charge is -2.04. The second-order valence-corrected chi connectivity index (χ2v) is 4.30. The van der Waals surface area contributed by atoms with Crippen molar-refractivity contribution in [2.45, 2.75) is 0 Å². The fourth-order valence-corrected chi connectivity index (χ4v) is 1.90. The van der Waals surface area contributed by atoms with Gasteiger partial charge in [-0.1, -0.05) is 22.9 Å². The Balaban J connectivity index is 2.35. The van der Waals surface area contributed by atoms with Crippen LogP contribution in [0.4, 0.5) is 5.13 Å². The van der Waals surface area contributed by atoms with Gasteiger partial charge in [0.25, 0.3) is 0 Å².